The summed E-state index contributed by atoms with van der Waals surface area (Å²) in [4.78, 5) is 36.2. The van der Waals surface area contributed by atoms with Crippen molar-refractivity contribution in [3.8, 4) is 0 Å². The number of amides is 1. The molecule has 0 radical (unpaired) electrons. The Bertz CT molecular complexity index is 1050. The molecule has 0 spiro atoms. The molecule has 6 nitrogen and oxygen atoms in total. The third-order valence-electron chi connectivity index (χ3n) is 4.80. The summed E-state index contributed by atoms with van der Waals surface area (Å²) in [5, 5.41) is 3.53. The number of carbonyl (C=O) groups excluding carboxylic acids is 3. The summed E-state index contributed by atoms with van der Waals surface area (Å²) in [6.45, 7) is 3.60. The molecule has 0 fully saturated rings. The van der Waals surface area contributed by atoms with E-state index in [4.69, 9.17) is 4.74 Å². The molecule has 0 aliphatic heterocycles. The number of nitrogens with zero attached hydrogens (tertiary/aromatic N) is 1. The number of esters is 1. The van der Waals surface area contributed by atoms with Crippen molar-refractivity contribution in [1.29, 1.82) is 0 Å². The zero-order valence-corrected chi connectivity index (χ0v) is 16.8. The van der Waals surface area contributed by atoms with E-state index >= 15 is 0 Å². The normalized spacial score (nSPS) is 11.8. The summed E-state index contributed by atoms with van der Waals surface area (Å²) in [7, 11) is 1.86. The lowest BCUT2D eigenvalue weighted by atomic mass is 10.0. The Labute approximate surface area is 169 Å². The number of carbonyl (C=O) groups is 3. The average Bonchev–Trinajstić information content (AvgIpc) is 3.05. The first-order valence-electron chi connectivity index (χ1n) is 9.49. The highest BCUT2D eigenvalue weighted by Crippen LogP contribution is 2.22. The highest BCUT2D eigenvalue weighted by atomic mass is 16.5. The van der Waals surface area contributed by atoms with Gasteiger partial charge < -0.3 is 14.6 Å². The Morgan fingerprint density at radius 3 is 2.45 bits per heavy atom. The SMILES string of the molecule is CC(=O)NCCc1ccc(C(=O)[C@@H](C)OC(=O)c2cn(C)c3ccccc23)cc1. The number of aryl methyl sites for hydroxylation is 1. The van der Waals surface area contributed by atoms with Crippen molar-refractivity contribution in [2.24, 2.45) is 7.05 Å². The number of ether oxygens (including phenoxy) is 1. The smallest absolute Gasteiger partial charge is 0.341 e. The number of rotatable bonds is 7. The molecule has 0 saturated heterocycles. The van der Waals surface area contributed by atoms with Crippen LogP contribution in [0.3, 0.4) is 0 Å². The molecule has 0 aliphatic carbocycles. The van der Waals surface area contributed by atoms with Crippen molar-refractivity contribution < 1.29 is 19.1 Å². The van der Waals surface area contributed by atoms with Crippen LogP contribution in [0.5, 0.6) is 0 Å². The number of ketones is 1. The molecule has 1 amide bonds. The second-order valence-corrected chi connectivity index (χ2v) is 7.01. The molecule has 0 saturated carbocycles. The van der Waals surface area contributed by atoms with Crippen LogP contribution in [-0.2, 0) is 23.0 Å². The quantitative estimate of drug-likeness (QED) is 0.494. The van der Waals surface area contributed by atoms with Crippen LogP contribution in [0.15, 0.2) is 54.7 Å². The van der Waals surface area contributed by atoms with Crippen molar-refractivity contribution >= 4 is 28.6 Å². The van der Waals surface area contributed by atoms with Crippen LogP contribution in [-0.4, -0.2) is 34.9 Å². The Hall–Kier alpha value is -3.41. The van der Waals surface area contributed by atoms with Gasteiger partial charge in [-0.3, -0.25) is 9.59 Å². The third-order valence-corrected chi connectivity index (χ3v) is 4.80. The van der Waals surface area contributed by atoms with Crippen LogP contribution < -0.4 is 5.32 Å². The number of nitrogens with one attached hydrogen (secondary N) is 1. The lowest BCUT2D eigenvalue weighted by Gasteiger charge is -2.12. The van der Waals surface area contributed by atoms with Gasteiger partial charge in [0.25, 0.3) is 0 Å². The first-order valence-corrected chi connectivity index (χ1v) is 9.49. The minimum atomic E-state index is -0.897. The lowest BCUT2D eigenvalue weighted by molar-refractivity contribution is -0.118. The molecule has 2 aromatic carbocycles. The maximum Gasteiger partial charge on any atom is 0.341 e. The van der Waals surface area contributed by atoms with Crippen LogP contribution in [0, 0.1) is 0 Å². The molecular formula is C23H24N2O4. The fourth-order valence-corrected chi connectivity index (χ4v) is 3.24. The van der Waals surface area contributed by atoms with E-state index in [-0.39, 0.29) is 11.7 Å². The largest absolute Gasteiger partial charge is 0.451 e. The van der Waals surface area contributed by atoms with Crippen molar-refractivity contribution in [2.45, 2.75) is 26.4 Å². The van der Waals surface area contributed by atoms with E-state index in [1.807, 2.05) is 48.0 Å². The van der Waals surface area contributed by atoms with E-state index in [1.165, 1.54) is 6.92 Å². The van der Waals surface area contributed by atoms with E-state index in [2.05, 4.69) is 5.32 Å². The van der Waals surface area contributed by atoms with Gasteiger partial charge in [0.15, 0.2) is 6.10 Å². The van der Waals surface area contributed by atoms with Gasteiger partial charge in [-0.15, -0.1) is 0 Å². The van der Waals surface area contributed by atoms with Gasteiger partial charge in [0.05, 0.1) is 5.56 Å². The molecule has 0 unspecified atom stereocenters. The van der Waals surface area contributed by atoms with Crippen LogP contribution in [0.2, 0.25) is 0 Å². The lowest BCUT2D eigenvalue weighted by Crippen LogP contribution is -2.24. The van der Waals surface area contributed by atoms with Crippen molar-refractivity contribution in [3.05, 3.63) is 71.4 Å². The topological polar surface area (TPSA) is 77.4 Å². The van der Waals surface area contributed by atoms with E-state index in [0.717, 1.165) is 16.5 Å². The molecule has 1 aromatic heterocycles. The average molecular weight is 392 g/mol. The highest BCUT2D eigenvalue weighted by Gasteiger charge is 2.22. The number of hydrogen-bond donors (Lipinski definition) is 1. The Kier molecular flexibility index (Phi) is 6.12. The third kappa shape index (κ3) is 4.71. The number of aromatic nitrogens is 1. The van der Waals surface area contributed by atoms with Crippen LogP contribution in [0.25, 0.3) is 10.9 Å². The number of para-hydroxylation sites is 1. The van der Waals surface area contributed by atoms with Crippen molar-refractivity contribution in [1.82, 2.24) is 9.88 Å². The molecule has 0 bridgehead atoms. The van der Waals surface area contributed by atoms with Gasteiger partial charge in [0.1, 0.15) is 0 Å². The highest BCUT2D eigenvalue weighted by molar-refractivity contribution is 6.06. The summed E-state index contributed by atoms with van der Waals surface area (Å²) in [5.74, 6) is -0.847. The molecular weight excluding hydrogens is 368 g/mol. The Morgan fingerprint density at radius 1 is 1.07 bits per heavy atom. The summed E-state index contributed by atoms with van der Waals surface area (Å²) < 4.78 is 7.31. The number of benzene rings is 2. The predicted molar refractivity (Wildman–Crippen MR) is 111 cm³/mol. The van der Waals surface area contributed by atoms with E-state index < -0.39 is 12.1 Å². The molecule has 1 atom stereocenters. The van der Waals surface area contributed by atoms with Crippen LogP contribution in [0.4, 0.5) is 0 Å². The second-order valence-electron chi connectivity index (χ2n) is 7.01. The summed E-state index contributed by atoms with van der Waals surface area (Å²) in [6, 6.07) is 14.7. The zero-order valence-electron chi connectivity index (χ0n) is 16.8. The molecule has 150 valence electrons. The Morgan fingerprint density at radius 2 is 1.76 bits per heavy atom. The summed E-state index contributed by atoms with van der Waals surface area (Å²) >= 11 is 0. The maximum absolute atomic E-state index is 12.7. The van der Waals surface area contributed by atoms with E-state index in [9.17, 15) is 14.4 Å². The second kappa shape index (κ2) is 8.73. The molecule has 6 heteroatoms. The van der Waals surface area contributed by atoms with Crippen LogP contribution >= 0.6 is 0 Å². The molecule has 0 aliphatic rings. The minimum absolute atomic E-state index is 0.0707. The fraction of sp³-hybridized carbons (Fsp3) is 0.261. The standard InChI is InChI=1S/C23H24N2O4/c1-15(22(27)18-10-8-17(9-11-18)12-13-24-16(2)26)29-23(28)20-14-25(3)21-7-5-4-6-19(20)21/h4-11,14-15H,12-13H2,1-3H3,(H,24,26)/t15-/m1/s1. The summed E-state index contributed by atoms with van der Waals surface area (Å²) in [6.07, 6.45) is 1.50. The predicted octanol–water partition coefficient (Wildman–Crippen LogP) is 3.29. The van der Waals surface area contributed by atoms with Gasteiger partial charge in [-0.05, 0) is 25.0 Å². The van der Waals surface area contributed by atoms with Crippen LogP contribution in [0.1, 0.15) is 40.1 Å². The number of Topliss-reactive ketones (excluding diaryl/α,β-unsaturated/α-hetero) is 1. The van der Waals surface area contributed by atoms with Gasteiger partial charge in [-0.25, -0.2) is 4.79 Å². The van der Waals surface area contributed by atoms with Gasteiger partial charge in [-0.2, -0.15) is 0 Å². The summed E-state index contributed by atoms with van der Waals surface area (Å²) in [5.41, 5.74) is 2.85. The maximum atomic E-state index is 12.7. The van der Waals surface area contributed by atoms with Gasteiger partial charge in [-0.1, -0.05) is 42.5 Å². The fourth-order valence-electron chi connectivity index (χ4n) is 3.24. The molecule has 1 heterocycles. The zero-order chi connectivity index (χ0) is 21.0. The van der Waals surface area contributed by atoms with E-state index in [1.54, 1.807) is 25.3 Å². The molecule has 3 rings (SSSR count). The van der Waals surface area contributed by atoms with Crippen molar-refractivity contribution in [2.75, 3.05) is 6.54 Å². The first kappa shape index (κ1) is 20.3. The van der Waals surface area contributed by atoms with Gasteiger partial charge >= 0.3 is 5.97 Å². The molecule has 29 heavy (non-hydrogen) atoms. The monoisotopic (exact) mass is 392 g/mol. The first-order chi connectivity index (χ1) is 13.9. The minimum Gasteiger partial charge on any atom is -0.451 e. The van der Waals surface area contributed by atoms with Gasteiger partial charge in [0.2, 0.25) is 11.7 Å². The van der Waals surface area contributed by atoms with Crippen molar-refractivity contribution in [3.63, 3.8) is 0 Å². The number of hydrogen-bond acceptors (Lipinski definition) is 4. The van der Waals surface area contributed by atoms with Gasteiger partial charge in [0, 0.05) is 43.2 Å². The molecule has 1 N–H and O–H groups in total. The van der Waals surface area contributed by atoms with E-state index in [0.29, 0.717) is 24.1 Å². The number of fused-ring (bicyclic) bond motifs is 1. The Balaban J connectivity index is 1.65. The molecule has 3 aromatic rings.